The van der Waals surface area contributed by atoms with Gasteiger partial charge in [0.05, 0.1) is 0 Å². The van der Waals surface area contributed by atoms with E-state index in [4.69, 9.17) is 7.15 Å². The summed E-state index contributed by atoms with van der Waals surface area (Å²) in [5.41, 5.74) is 0. The van der Waals surface area contributed by atoms with Crippen molar-refractivity contribution in [3.8, 4) is 0 Å². The van der Waals surface area contributed by atoms with Crippen molar-refractivity contribution < 1.29 is 24.2 Å². The first-order chi connectivity index (χ1) is 1.41. The molecule has 0 unspecified atom stereocenters. The molecule has 0 aromatic heterocycles. The quantitative estimate of drug-likeness (QED) is 0.492. The van der Waals surface area contributed by atoms with Gasteiger partial charge >= 0.3 is 24.2 Å². The van der Waals surface area contributed by atoms with Crippen LogP contribution in [-0.2, 0) is 24.2 Å². The van der Waals surface area contributed by atoms with Crippen LogP contribution in [0.25, 0.3) is 0 Å². The summed E-state index contributed by atoms with van der Waals surface area (Å²) in [6.07, 6.45) is 0. The predicted octanol–water partition coefficient (Wildman–Crippen LogP) is 0.449. The molecule has 0 heterocycles. The monoisotopic (exact) mass is 169 g/mol. The van der Waals surface area contributed by atoms with E-state index in [1.54, 1.807) is 0 Å². The van der Waals surface area contributed by atoms with Gasteiger partial charge in [0, 0.05) is 12.4 Å². The minimum absolute atomic E-state index is 0. The Morgan fingerprint density at radius 1 is 1.25 bits per heavy atom. The van der Waals surface area contributed by atoms with E-state index in [-0.39, 0.29) is 12.4 Å². The Hall–Kier alpha value is 0.513. The van der Waals surface area contributed by atoms with Crippen LogP contribution in [0, 0.1) is 0 Å². The molecular formula is ClO2Ru. The van der Waals surface area contributed by atoms with Gasteiger partial charge in [-0.15, -0.1) is 0 Å². The maximum atomic E-state index is 8.46. The van der Waals surface area contributed by atoms with Crippen LogP contribution < -0.4 is 0 Å². The second-order valence-electron chi connectivity index (χ2n) is 0.0589. The molecular weight excluding hydrogens is 169 g/mol. The molecule has 2 nitrogen and oxygen atoms in total. The minimum atomic E-state index is -1.79. The number of halogens is 1. The summed E-state index contributed by atoms with van der Waals surface area (Å²) < 4.78 is 16.9. The molecule has 0 aliphatic carbocycles. The Kier molecular flexibility index (Phi) is 21.4. The molecule has 0 aromatic rings. The molecule has 27 valence electrons. The summed E-state index contributed by atoms with van der Waals surface area (Å²) in [5.74, 6) is 0. The fourth-order valence-electron chi connectivity index (χ4n) is 0. The van der Waals surface area contributed by atoms with E-state index < -0.39 is 17.0 Å². The first-order valence-corrected chi connectivity index (χ1v) is 1.71. The van der Waals surface area contributed by atoms with Crippen molar-refractivity contribution in [3.63, 3.8) is 0 Å². The summed E-state index contributed by atoms with van der Waals surface area (Å²) in [7, 11) is 0. The Bertz CT molecular complexity index is 27.0. The molecule has 0 saturated carbocycles. The second kappa shape index (κ2) is 9.69. The Balaban J connectivity index is 0. The summed E-state index contributed by atoms with van der Waals surface area (Å²) in [6, 6.07) is 0. The molecule has 4 heavy (non-hydrogen) atoms. The second-order valence-corrected chi connectivity index (χ2v) is 0.349. The van der Waals surface area contributed by atoms with Crippen molar-refractivity contribution >= 4 is 12.4 Å². The third kappa shape index (κ3) is 21.8. The molecule has 0 fully saturated rings. The van der Waals surface area contributed by atoms with Crippen LogP contribution in [0.4, 0.5) is 0 Å². The van der Waals surface area contributed by atoms with E-state index in [0.717, 1.165) is 0 Å². The predicted molar refractivity (Wildman–Crippen MR) is 7.23 cm³/mol. The van der Waals surface area contributed by atoms with Crippen molar-refractivity contribution in [2.75, 3.05) is 0 Å². The number of hydrogen-bond donors (Lipinski definition) is 0. The first kappa shape index (κ1) is 8.82. The molecule has 0 bridgehead atoms. The van der Waals surface area contributed by atoms with Crippen molar-refractivity contribution in [1.29, 1.82) is 0 Å². The van der Waals surface area contributed by atoms with Crippen LogP contribution in [0.5, 0.6) is 0 Å². The number of hydrogen-bond acceptors (Lipinski definition) is 2. The third-order valence-electron chi connectivity index (χ3n) is 0. The van der Waals surface area contributed by atoms with Gasteiger partial charge in [-0.1, -0.05) is 0 Å². The van der Waals surface area contributed by atoms with Gasteiger partial charge in [-0.2, -0.15) is 0 Å². The van der Waals surface area contributed by atoms with Crippen LogP contribution in [0.15, 0.2) is 0 Å². The van der Waals surface area contributed by atoms with Gasteiger partial charge in [-0.25, -0.2) is 0 Å². The van der Waals surface area contributed by atoms with Gasteiger partial charge in [0.2, 0.25) is 0 Å². The van der Waals surface area contributed by atoms with E-state index in [0.29, 0.717) is 0 Å². The SMILES string of the molecule is [Cl].[O]=[Ru]=[O]. The molecule has 0 N–H and O–H groups in total. The Morgan fingerprint density at radius 2 is 1.25 bits per heavy atom. The van der Waals surface area contributed by atoms with Gasteiger partial charge in [0.25, 0.3) is 0 Å². The van der Waals surface area contributed by atoms with Crippen LogP contribution >= 0.6 is 12.4 Å². The van der Waals surface area contributed by atoms with Crippen molar-refractivity contribution in [3.05, 3.63) is 0 Å². The van der Waals surface area contributed by atoms with Crippen LogP contribution in [0.2, 0.25) is 0 Å². The summed E-state index contributed by atoms with van der Waals surface area (Å²) in [5, 5.41) is 0. The van der Waals surface area contributed by atoms with Crippen LogP contribution in [-0.4, -0.2) is 0 Å². The molecule has 0 spiro atoms. The van der Waals surface area contributed by atoms with Crippen molar-refractivity contribution in [2.24, 2.45) is 0 Å². The zero-order chi connectivity index (χ0) is 2.71. The molecule has 0 amide bonds. The summed E-state index contributed by atoms with van der Waals surface area (Å²) in [4.78, 5) is 0. The average molecular weight is 169 g/mol. The molecule has 4 heteroatoms. The molecule has 0 atom stereocenters. The van der Waals surface area contributed by atoms with E-state index in [9.17, 15) is 0 Å². The first-order valence-electron chi connectivity index (χ1n) is 0.289. The van der Waals surface area contributed by atoms with E-state index >= 15 is 0 Å². The van der Waals surface area contributed by atoms with Gasteiger partial charge in [-0.05, 0) is 0 Å². The normalized spacial score (nSPS) is 4.00. The van der Waals surface area contributed by atoms with Gasteiger partial charge in [0.15, 0.2) is 0 Å². The van der Waals surface area contributed by atoms with Crippen molar-refractivity contribution in [2.45, 2.75) is 0 Å². The van der Waals surface area contributed by atoms with Gasteiger partial charge < -0.3 is 0 Å². The zero-order valence-corrected chi connectivity index (χ0v) is 4.04. The fourth-order valence-corrected chi connectivity index (χ4v) is 0. The summed E-state index contributed by atoms with van der Waals surface area (Å²) in [6.45, 7) is 0. The number of rotatable bonds is 0. The standard InChI is InChI=1S/Cl.2O.Ru. The zero-order valence-electron chi connectivity index (χ0n) is 1.55. The van der Waals surface area contributed by atoms with Gasteiger partial charge in [-0.3, -0.25) is 0 Å². The molecule has 0 aromatic carbocycles. The maximum absolute atomic E-state index is 8.46. The molecule has 0 aliphatic rings. The average Bonchev–Trinajstić information content (AvgIpc) is 0.918. The molecule has 0 saturated heterocycles. The molecule has 1 radical (unpaired) electrons. The molecule has 0 aliphatic heterocycles. The third-order valence-corrected chi connectivity index (χ3v) is 0. The Labute approximate surface area is 37.1 Å². The van der Waals surface area contributed by atoms with Gasteiger partial charge in [0.1, 0.15) is 0 Å². The fraction of sp³-hybridized carbons (Fsp3) is 0. The van der Waals surface area contributed by atoms with E-state index in [1.807, 2.05) is 0 Å². The summed E-state index contributed by atoms with van der Waals surface area (Å²) >= 11 is -1.79. The van der Waals surface area contributed by atoms with Crippen molar-refractivity contribution in [1.82, 2.24) is 0 Å². The van der Waals surface area contributed by atoms with Crippen LogP contribution in [0.1, 0.15) is 0 Å². The Morgan fingerprint density at radius 3 is 1.25 bits per heavy atom. The molecule has 0 rings (SSSR count). The van der Waals surface area contributed by atoms with E-state index in [1.165, 1.54) is 0 Å². The van der Waals surface area contributed by atoms with E-state index in [2.05, 4.69) is 0 Å². The topological polar surface area (TPSA) is 34.1 Å². The van der Waals surface area contributed by atoms with Crippen LogP contribution in [0.3, 0.4) is 0 Å².